The number of fused-ring (bicyclic) bond motifs is 1. The first-order valence-electron chi connectivity index (χ1n) is 6.88. The van der Waals surface area contributed by atoms with E-state index in [4.69, 9.17) is 9.84 Å². The van der Waals surface area contributed by atoms with E-state index in [1.54, 1.807) is 33.8 Å². The molecule has 0 radical (unpaired) electrons. The van der Waals surface area contributed by atoms with Crippen molar-refractivity contribution in [2.45, 2.75) is 39.7 Å². The van der Waals surface area contributed by atoms with Gasteiger partial charge in [0.1, 0.15) is 11.4 Å². The lowest BCUT2D eigenvalue weighted by Crippen LogP contribution is -2.27. The van der Waals surface area contributed by atoms with Gasteiger partial charge in [-0.1, -0.05) is 0 Å². The fraction of sp³-hybridized carbons (Fsp3) is 0.375. The second-order valence-electron chi connectivity index (χ2n) is 6.15. The number of carboxylic acids is 1. The smallest absolute Gasteiger partial charge is 0.419 e. The Morgan fingerprint density at radius 3 is 2.45 bits per heavy atom. The van der Waals surface area contributed by atoms with Crippen molar-refractivity contribution < 1.29 is 24.5 Å². The number of carboxylic acid groups (broad SMARTS) is 1. The number of benzene rings is 1. The van der Waals surface area contributed by atoms with E-state index in [-0.39, 0.29) is 12.2 Å². The molecule has 1 aromatic heterocycles. The van der Waals surface area contributed by atoms with Crippen LogP contribution in [0.3, 0.4) is 0 Å². The van der Waals surface area contributed by atoms with Gasteiger partial charge < -0.3 is 14.9 Å². The van der Waals surface area contributed by atoms with Gasteiger partial charge in [-0.05, 0) is 51.5 Å². The highest BCUT2D eigenvalue weighted by Crippen LogP contribution is 2.30. The van der Waals surface area contributed by atoms with Crippen molar-refractivity contribution in [2.24, 2.45) is 0 Å². The highest BCUT2D eigenvalue weighted by atomic mass is 16.6. The number of phenols is 1. The molecule has 6 nitrogen and oxygen atoms in total. The van der Waals surface area contributed by atoms with E-state index in [0.717, 1.165) is 0 Å². The van der Waals surface area contributed by atoms with Crippen molar-refractivity contribution in [3.05, 3.63) is 29.5 Å². The van der Waals surface area contributed by atoms with Gasteiger partial charge in [0.25, 0.3) is 0 Å². The molecule has 118 valence electrons. The van der Waals surface area contributed by atoms with Gasteiger partial charge in [0.2, 0.25) is 0 Å². The number of carbonyl (C=O) groups is 2. The lowest BCUT2D eigenvalue weighted by Gasteiger charge is -2.20. The summed E-state index contributed by atoms with van der Waals surface area (Å²) in [6.07, 6.45) is -0.806. The third-order valence-corrected chi connectivity index (χ3v) is 3.22. The zero-order valence-electron chi connectivity index (χ0n) is 13.0. The molecule has 0 amide bonds. The molecule has 0 saturated carbocycles. The van der Waals surface area contributed by atoms with E-state index < -0.39 is 17.7 Å². The molecule has 2 aromatic rings. The van der Waals surface area contributed by atoms with Crippen molar-refractivity contribution in [2.75, 3.05) is 0 Å². The Labute approximate surface area is 127 Å². The highest BCUT2D eigenvalue weighted by molar-refractivity contribution is 5.96. The van der Waals surface area contributed by atoms with E-state index in [1.165, 1.54) is 16.7 Å². The number of phenolic OH excluding ortho intramolecular Hbond substituents is 1. The first-order chi connectivity index (χ1) is 10.1. The standard InChI is InChI=1S/C16H19NO5/c1-9-11(8-14(19)20)12-7-10(18)5-6-13(12)17(9)15(21)22-16(2,3)4/h5-7,18H,8H2,1-4H3,(H,19,20). The second kappa shape index (κ2) is 5.36. The summed E-state index contributed by atoms with van der Waals surface area (Å²) in [6, 6.07) is 4.49. The summed E-state index contributed by atoms with van der Waals surface area (Å²) in [5, 5.41) is 19.2. The molecule has 1 aromatic carbocycles. The van der Waals surface area contributed by atoms with E-state index in [0.29, 0.717) is 22.2 Å². The number of hydrogen-bond donors (Lipinski definition) is 2. The van der Waals surface area contributed by atoms with Gasteiger partial charge >= 0.3 is 12.1 Å². The van der Waals surface area contributed by atoms with Crippen LogP contribution in [0.15, 0.2) is 18.2 Å². The number of nitrogens with zero attached hydrogens (tertiary/aromatic N) is 1. The number of aromatic nitrogens is 1. The third-order valence-electron chi connectivity index (χ3n) is 3.22. The fourth-order valence-electron chi connectivity index (χ4n) is 2.39. The van der Waals surface area contributed by atoms with Crippen molar-refractivity contribution in [1.82, 2.24) is 4.57 Å². The minimum Gasteiger partial charge on any atom is -0.508 e. The lowest BCUT2D eigenvalue weighted by molar-refractivity contribution is -0.136. The number of ether oxygens (including phenoxy) is 1. The van der Waals surface area contributed by atoms with Crippen LogP contribution >= 0.6 is 0 Å². The Morgan fingerprint density at radius 1 is 1.27 bits per heavy atom. The summed E-state index contributed by atoms with van der Waals surface area (Å²) >= 11 is 0. The summed E-state index contributed by atoms with van der Waals surface area (Å²) in [6.45, 7) is 6.95. The molecule has 0 saturated heterocycles. The van der Waals surface area contributed by atoms with E-state index in [2.05, 4.69) is 0 Å². The molecule has 6 heteroatoms. The van der Waals surface area contributed by atoms with Crippen LogP contribution < -0.4 is 0 Å². The maximum Gasteiger partial charge on any atom is 0.419 e. The molecule has 22 heavy (non-hydrogen) atoms. The minimum atomic E-state index is -1.00. The van der Waals surface area contributed by atoms with Crippen LogP contribution in [0, 0.1) is 6.92 Å². The predicted octanol–water partition coefficient (Wildman–Crippen LogP) is 3.07. The first kappa shape index (κ1) is 15.9. The Bertz CT molecular complexity index is 752. The molecule has 0 spiro atoms. The molecule has 0 aliphatic heterocycles. The molecule has 0 atom stereocenters. The Balaban J connectivity index is 2.66. The van der Waals surface area contributed by atoms with E-state index in [9.17, 15) is 14.7 Å². The number of aliphatic carboxylic acids is 1. The van der Waals surface area contributed by atoms with Gasteiger partial charge in [-0.3, -0.25) is 4.79 Å². The summed E-state index contributed by atoms with van der Waals surface area (Å²) in [7, 11) is 0. The lowest BCUT2D eigenvalue weighted by atomic mass is 10.1. The molecule has 0 bridgehead atoms. The molecule has 2 N–H and O–H groups in total. The number of hydrogen-bond acceptors (Lipinski definition) is 4. The van der Waals surface area contributed by atoms with Gasteiger partial charge in [-0.25, -0.2) is 9.36 Å². The number of carbonyl (C=O) groups excluding carboxylic acids is 1. The molecular weight excluding hydrogens is 286 g/mol. The van der Waals surface area contributed by atoms with Gasteiger partial charge in [0.05, 0.1) is 11.9 Å². The number of aromatic hydroxyl groups is 1. The topological polar surface area (TPSA) is 88.8 Å². The average Bonchev–Trinajstić information content (AvgIpc) is 2.60. The van der Waals surface area contributed by atoms with Crippen LogP contribution in [0.4, 0.5) is 4.79 Å². The summed E-state index contributed by atoms with van der Waals surface area (Å²) in [4.78, 5) is 23.5. The molecule has 0 aliphatic rings. The van der Waals surface area contributed by atoms with Crippen molar-refractivity contribution in [3.8, 4) is 5.75 Å². The summed E-state index contributed by atoms with van der Waals surface area (Å²) in [5.74, 6) is -0.991. The van der Waals surface area contributed by atoms with Crippen LogP contribution in [0.25, 0.3) is 10.9 Å². The highest BCUT2D eigenvalue weighted by Gasteiger charge is 2.24. The van der Waals surface area contributed by atoms with Crippen LogP contribution in [0.2, 0.25) is 0 Å². The maximum atomic E-state index is 12.4. The quantitative estimate of drug-likeness (QED) is 0.890. The van der Waals surface area contributed by atoms with E-state index >= 15 is 0 Å². The monoisotopic (exact) mass is 305 g/mol. The zero-order valence-corrected chi connectivity index (χ0v) is 13.0. The SMILES string of the molecule is Cc1c(CC(=O)O)c2cc(O)ccc2n1C(=O)OC(C)(C)C. The molecule has 1 heterocycles. The normalized spacial score (nSPS) is 11.6. The maximum absolute atomic E-state index is 12.4. The summed E-state index contributed by atoms with van der Waals surface area (Å²) in [5.41, 5.74) is 0.839. The Hall–Kier alpha value is -2.50. The van der Waals surface area contributed by atoms with Gasteiger partial charge in [0, 0.05) is 11.1 Å². The van der Waals surface area contributed by atoms with Crippen LogP contribution in [-0.4, -0.2) is 32.4 Å². The van der Waals surface area contributed by atoms with Gasteiger partial charge in [0.15, 0.2) is 0 Å². The van der Waals surface area contributed by atoms with Gasteiger partial charge in [-0.2, -0.15) is 0 Å². The third kappa shape index (κ3) is 3.05. The largest absolute Gasteiger partial charge is 0.508 e. The average molecular weight is 305 g/mol. The minimum absolute atomic E-state index is 0.0143. The molecular formula is C16H19NO5. The molecule has 0 aliphatic carbocycles. The Morgan fingerprint density at radius 2 is 1.91 bits per heavy atom. The van der Waals surface area contributed by atoms with Crippen molar-refractivity contribution in [1.29, 1.82) is 0 Å². The van der Waals surface area contributed by atoms with Crippen LogP contribution in [0.1, 0.15) is 32.0 Å². The number of rotatable bonds is 2. The van der Waals surface area contributed by atoms with Crippen molar-refractivity contribution in [3.63, 3.8) is 0 Å². The Kier molecular flexibility index (Phi) is 3.87. The fourth-order valence-corrected chi connectivity index (χ4v) is 2.39. The van der Waals surface area contributed by atoms with E-state index in [1.807, 2.05) is 0 Å². The van der Waals surface area contributed by atoms with Crippen LogP contribution in [0.5, 0.6) is 5.75 Å². The molecule has 0 unspecified atom stereocenters. The molecule has 2 rings (SSSR count). The predicted molar refractivity (Wildman–Crippen MR) is 81.3 cm³/mol. The first-order valence-corrected chi connectivity index (χ1v) is 6.88. The van der Waals surface area contributed by atoms with Crippen molar-refractivity contribution >= 4 is 23.0 Å². The zero-order chi connectivity index (χ0) is 16.7. The van der Waals surface area contributed by atoms with Gasteiger partial charge in [-0.15, -0.1) is 0 Å². The van der Waals surface area contributed by atoms with Crippen LogP contribution in [-0.2, 0) is 16.0 Å². The molecule has 0 fully saturated rings. The summed E-state index contributed by atoms with van der Waals surface area (Å²) < 4.78 is 6.72. The second-order valence-corrected chi connectivity index (χ2v) is 6.15.